The third-order valence-electron chi connectivity index (χ3n) is 6.00. The van der Waals surface area contributed by atoms with Gasteiger partial charge in [-0.2, -0.15) is 0 Å². The van der Waals surface area contributed by atoms with Crippen LogP contribution in [0.4, 0.5) is 23.1 Å². The number of fused-ring (bicyclic) bond motifs is 7. The van der Waals surface area contributed by atoms with Crippen molar-refractivity contribution in [3.8, 4) is 11.3 Å². The van der Waals surface area contributed by atoms with Crippen LogP contribution in [-0.2, 0) is 0 Å². The Morgan fingerprint density at radius 1 is 0.909 bits per heavy atom. The van der Waals surface area contributed by atoms with Gasteiger partial charge in [0.25, 0.3) is 5.91 Å². The molecule has 3 N–H and O–H groups in total. The molecule has 2 aliphatic heterocycles. The zero-order valence-corrected chi connectivity index (χ0v) is 18.7. The molecule has 2 aromatic heterocycles. The minimum Gasteiger partial charge on any atom is -0.370 e. The first-order valence-corrected chi connectivity index (χ1v) is 11.3. The Balaban J connectivity index is 1.50. The van der Waals surface area contributed by atoms with Crippen LogP contribution in [-0.4, -0.2) is 72.1 Å². The van der Waals surface area contributed by atoms with E-state index in [0.29, 0.717) is 24.6 Å². The van der Waals surface area contributed by atoms with E-state index in [1.54, 1.807) is 12.4 Å². The molecule has 0 spiro atoms. The monoisotopic (exact) mass is 444 g/mol. The summed E-state index contributed by atoms with van der Waals surface area (Å²) in [5.41, 5.74) is 4.16. The Morgan fingerprint density at radius 3 is 2.61 bits per heavy atom. The van der Waals surface area contributed by atoms with E-state index in [-0.39, 0.29) is 5.91 Å². The summed E-state index contributed by atoms with van der Waals surface area (Å²) in [7, 11) is 2.13. The molecule has 9 nitrogen and oxygen atoms in total. The lowest BCUT2D eigenvalue weighted by Crippen LogP contribution is -2.45. The summed E-state index contributed by atoms with van der Waals surface area (Å²) in [4.78, 5) is 31.2. The molecule has 3 aromatic rings. The van der Waals surface area contributed by atoms with Gasteiger partial charge in [0.1, 0.15) is 5.82 Å². The predicted octanol–water partition coefficient (Wildman–Crippen LogP) is 2.58. The molecule has 0 saturated carbocycles. The van der Waals surface area contributed by atoms with Crippen molar-refractivity contribution in [2.24, 2.45) is 0 Å². The average molecular weight is 445 g/mol. The number of piperazine rings is 1. The lowest BCUT2D eigenvalue weighted by molar-refractivity contribution is 0.0954. The van der Waals surface area contributed by atoms with E-state index in [9.17, 15) is 4.79 Å². The number of rotatable bonds is 1. The van der Waals surface area contributed by atoms with Crippen molar-refractivity contribution in [1.82, 2.24) is 25.2 Å². The van der Waals surface area contributed by atoms with Crippen molar-refractivity contribution in [1.29, 1.82) is 0 Å². The molecule has 6 bridgehead atoms. The molecule has 0 unspecified atom stereocenters. The molecule has 4 heterocycles. The molecule has 170 valence electrons. The van der Waals surface area contributed by atoms with Gasteiger partial charge < -0.3 is 25.8 Å². The van der Waals surface area contributed by atoms with E-state index >= 15 is 0 Å². The van der Waals surface area contributed by atoms with Crippen LogP contribution in [0.25, 0.3) is 11.3 Å². The Kier molecular flexibility index (Phi) is 6.03. The van der Waals surface area contributed by atoms with Crippen LogP contribution >= 0.6 is 0 Å². The highest BCUT2D eigenvalue weighted by Gasteiger charge is 2.21. The number of carbonyl (C=O) groups excluding carboxylic acids is 1. The Morgan fingerprint density at radius 2 is 1.73 bits per heavy atom. The maximum atomic E-state index is 13.2. The van der Waals surface area contributed by atoms with Crippen molar-refractivity contribution < 1.29 is 4.79 Å². The fourth-order valence-electron chi connectivity index (χ4n) is 4.12. The van der Waals surface area contributed by atoms with Crippen LogP contribution in [0.5, 0.6) is 0 Å². The second-order valence-electron chi connectivity index (χ2n) is 8.38. The minimum atomic E-state index is -0.0746. The average Bonchev–Trinajstić information content (AvgIpc) is 2.84. The largest absolute Gasteiger partial charge is 0.370 e. The Labute approximate surface area is 193 Å². The standard InChI is InChI=1S/C24H28N8O/c1-31-11-13-32(14-12-31)21-4-3-18-16-19(21)23(33)27-8-2-7-25-22-15-17(5-9-26-22)20-6-10-28-24(29-18)30-20/h3-6,9-10,15-16H,2,7-8,11-14H2,1H3,(H,25,26)(H,27,33)(H,28,29,30). The molecule has 9 heteroatoms. The molecule has 0 radical (unpaired) electrons. The highest BCUT2D eigenvalue weighted by Crippen LogP contribution is 2.27. The van der Waals surface area contributed by atoms with Crippen molar-refractivity contribution in [2.45, 2.75) is 6.42 Å². The summed E-state index contributed by atoms with van der Waals surface area (Å²) in [5.74, 6) is 1.18. The topological polar surface area (TPSA) is 98.3 Å². The van der Waals surface area contributed by atoms with Crippen LogP contribution in [0.2, 0.25) is 0 Å². The fourth-order valence-corrected chi connectivity index (χ4v) is 4.12. The normalized spacial score (nSPS) is 17.0. The van der Waals surface area contributed by atoms with Gasteiger partial charge in [0.15, 0.2) is 0 Å². The van der Waals surface area contributed by atoms with Gasteiger partial charge in [-0.15, -0.1) is 0 Å². The first-order chi connectivity index (χ1) is 16.2. The lowest BCUT2D eigenvalue weighted by Gasteiger charge is -2.35. The lowest BCUT2D eigenvalue weighted by atomic mass is 10.1. The zero-order valence-electron chi connectivity index (χ0n) is 18.7. The first-order valence-electron chi connectivity index (χ1n) is 11.3. The fraction of sp³-hybridized carbons (Fsp3) is 0.333. The second-order valence-corrected chi connectivity index (χ2v) is 8.38. The predicted molar refractivity (Wildman–Crippen MR) is 130 cm³/mol. The highest BCUT2D eigenvalue weighted by atomic mass is 16.1. The zero-order chi connectivity index (χ0) is 22.6. The molecular weight excluding hydrogens is 416 g/mol. The molecule has 1 amide bonds. The molecule has 0 aliphatic carbocycles. The first kappa shape index (κ1) is 21.1. The Bertz CT molecular complexity index is 1140. The van der Waals surface area contributed by atoms with Crippen molar-refractivity contribution in [3.63, 3.8) is 0 Å². The van der Waals surface area contributed by atoms with Crippen LogP contribution in [0.15, 0.2) is 48.8 Å². The van der Waals surface area contributed by atoms with E-state index in [0.717, 1.165) is 61.0 Å². The summed E-state index contributed by atoms with van der Waals surface area (Å²) in [6, 6.07) is 11.7. The summed E-state index contributed by atoms with van der Waals surface area (Å²) in [6.45, 7) is 5.02. The summed E-state index contributed by atoms with van der Waals surface area (Å²) in [6.07, 6.45) is 4.28. The number of benzene rings is 1. The second kappa shape index (κ2) is 9.41. The molecule has 1 saturated heterocycles. The molecule has 33 heavy (non-hydrogen) atoms. The number of anilines is 4. The van der Waals surface area contributed by atoms with Gasteiger partial charge in [-0.3, -0.25) is 4.79 Å². The van der Waals surface area contributed by atoms with Gasteiger partial charge in [0, 0.05) is 68.6 Å². The minimum absolute atomic E-state index is 0.0746. The van der Waals surface area contributed by atoms with Gasteiger partial charge in [0.2, 0.25) is 5.95 Å². The SMILES string of the molecule is CN1CCN(c2ccc3cc2C(=O)NCCCNc2cc(ccn2)-c2ccnc(n2)N3)CC1. The van der Waals surface area contributed by atoms with Crippen molar-refractivity contribution >= 4 is 29.0 Å². The Hall–Kier alpha value is -3.72. The number of hydrogen-bond donors (Lipinski definition) is 3. The number of carbonyl (C=O) groups is 1. The quantitative estimate of drug-likeness (QED) is 0.527. The number of aromatic nitrogens is 3. The number of pyridine rings is 1. The maximum Gasteiger partial charge on any atom is 0.253 e. The number of nitrogens with one attached hydrogen (secondary N) is 3. The van der Waals surface area contributed by atoms with E-state index in [4.69, 9.17) is 0 Å². The smallest absolute Gasteiger partial charge is 0.253 e. The van der Waals surface area contributed by atoms with E-state index < -0.39 is 0 Å². The van der Waals surface area contributed by atoms with Gasteiger partial charge in [0.05, 0.1) is 11.3 Å². The van der Waals surface area contributed by atoms with Gasteiger partial charge in [-0.05, 0) is 49.9 Å². The number of amides is 1. The molecule has 2 aliphatic rings. The molecule has 0 atom stereocenters. The molecule has 5 rings (SSSR count). The summed E-state index contributed by atoms with van der Waals surface area (Å²) < 4.78 is 0. The third-order valence-corrected chi connectivity index (χ3v) is 6.00. The summed E-state index contributed by atoms with van der Waals surface area (Å²) >= 11 is 0. The molecule has 1 aromatic carbocycles. The molecular formula is C24H28N8O. The number of nitrogens with zero attached hydrogens (tertiary/aromatic N) is 5. The van der Waals surface area contributed by atoms with Gasteiger partial charge >= 0.3 is 0 Å². The maximum absolute atomic E-state index is 13.2. The van der Waals surface area contributed by atoms with Crippen molar-refractivity contribution in [2.75, 3.05) is 61.8 Å². The number of likely N-dealkylation sites (N-methyl/N-ethyl adjacent to an activating group) is 1. The van der Waals surface area contributed by atoms with Gasteiger partial charge in [-0.25, -0.2) is 15.0 Å². The number of hydrogen-bond acceptors (Lipinski definition) is 8. The van der Waals surface area contributed by atoms with E-state index in [1.165, 1.54) is 0 Å². The molecule has 1 fully saturated rings. The third kappa shape index (κ3) is 4.88. The van der Waals surface area contributed by atoms with E-state index in [2.05, 4.69) is 47.7 Å². The van der Waals surface area contributed by atoms with Crippen LogP contribution in [0.3, 0.4) is 0 Å². The summed E-state index contributed by atoms with van der Waals surface area (Å²) in [5, 5.41) is 9.68. The van der Waals surface area contributed by atoms with Crippen molar-refractivity contribution in [3.05, 3.63) is 54.4 Å². The van der Waals surface area contributed by atoms with Crippen LogP contribution < -0.4 is 20.9 Å². The van der Waals surface area contributed by atoms with Crippen LogP contribution in [0, 0.1) is 0 Å². The van der Waals surface area contributed by atoms with Gasteiger partial charge in [-0.1, -0.05) is 0 Å². The van der Waals surface area contributed by atoms with Crippen LogP contribution in [0.1, 0.15) is 16.8 Å². The van der Waals surface area contributed by atoms with E-state index in [1.807, 2.05) is 36.4 Å². The highest BCUT2D eigenvalue weighted by molar-refractivity contribution is 6.01.